The van der Waals surface area contributed by atoms with Gasteiger partial charge in [0.2, 0.25) is 0 Å². The number of aryl methyl sites for hydroxylation is 1. The average Bonchev–Trinajstić information content (AvgIpc) is 2.40. The molecule has 1 rings (SSSR count). The van der Waals surface area contributed by atoms with Gasteiger partial charge in [-0.3, -0.25) is 4.79 Å². The molecule has 0 aliphatic heterocycles. The fraction of sp³-hybridized carbons (Fsp3) is 0.562. The summed E-state index contributed by atoms with van der Waals surface area (Å²) >= 11 is 0. The molecule has 0 aliphatic rings. The third kappa shape index (κ3) is 4.85. The summed E-state index contributed by atoms with van der Waals surface area (Å²) in [5.41, 5.74) is 8.01. The van der Waals surface area contributed by atoms with Gasteiger partial charge in [0, 0.05) is 18.2 Å². The van der Waals surface area contributed by atoms with Crippen molar-refractivity contribution in [2.24, 2.45) is 5.73 Å². The lowest BCUT2D eigenvalue weighted by Gasteiger charge is -2.19. The molecule has 4 heteroatoms. The van der Waals surface area contributed by atoms with E-state index in [-0.39, 0.29) is 11.9 Å². The maximum Gasteiger partial charge on any atom is 0.260 e. The normalized spacial score (nSPS) is 13.7. The number of carbonyl (C=O) groups excluding carboxylic acids is 1. The van der Waals surface area contributed by atoms with E-state index in [1.54, 1.807) is 6.92 Å². The fourth-order valence-corrected chi connectivity index (χ4v) is 1.91. The number of hydrogen-bond donors (Lipinski definition) is 2. The second-order valence-corrected chi connectivity index (χ2v) is 5.23. The molecule has 0 saturated heterocycles. The van der Waals surface area contributed by atoms with Crippen molar-refractivity contribution < 1.29 is 9.53 Å². The summed E-state index contributed by atoms with van der Waals surface area (Å²) in [7, 11) is 0. The van der Waals surface area contributed by atoms with Gasteiger partial charge in [-0.2, -0.15) is 0 Å². The van der Waals surface area contributed by atoms with Crippen LogP contribution in [0.3, 0.4) is 0 Å². The van der Waals surface area contributed by atoms with Crippen LogP contribution in [-0.4, -0.2) is 18.6 Å². The number of carbonyl (C=O) groups is 1. The minimum Gasteiger partial charge on any atom is -0.481 e. The lowest BCUT2D eigenvalue weighted by molar-refractivity contribution is -0.127. The molecule has 112 valence electrons. The van der Waals surface area contributed by atoms with Gasteiger partial charge in [0.05, 0.1) is 0 Å². The molecule has 1 amide bonds. The van der Waals surface area contributed by atoms with E-state index in [0.717, 1.165) is 24.0 Å². The molecule has 20 heavy (non-hydrogen) atoms. The number of amides is 1. The van der Waals surface area contributed by atoms with Gasteiger partial charge in [-0.1, -0.05) is 31.0 Å². The SMILES string of the molecule is CCCCNC(=O)C(C)Oc1ccc(C)cc1[C@H](C)N. The van der Waals surface area contributed by atoms with Crippen molar-refractivity contribution in [3.63, 3.8) is 0 Å². The van der Waals surface area contributed by atoms with Gasteiger partial charge >= 0.3 is 0 Å². The molecule has 0 bridgehead atoms. The molecule has 0 heterocycles. The largest absolute Gasteiger partial charge is 0.481 e. The van der Waals surface area contributed by atoms with E-state index < -0.39 is 6.10 Å². The molecule has 1 aromatic carbocycles. The zero-order valence-corrected chi connectivity index (χ0v) is 12.9. The Hall–Kier alpha value is -1.55. The minimum absolute atomic E-state index is 0.0883. The van der Waals surface area contributed by atoms with Gasteiger partial charge < -0.3 is 15.8 Å². The zero-order chi connectivity index (χ0) is 15.1. The Bertz CT molecular complexity index is 444. The second-order valence-electron chi connectivity index (χ2n) is 5.23. The summed E-state index contributed by atoms with van der Waals surface area (Å²) in [4.78, 5) is 11.9. The number of nitrogens with two attached hydrogens (primary N) is 1. The van der Waals surface area contributed by atoms with Crippen LogP contribution in [0.2, 0.25) is 0 Å². The van der Waals surface area contributed by atoms with Crippen molar-refractivity contribution >= 4 is 5.91 Å². The van der Waals surface area contributed by atoms with Crippen molar-refractivity contribution in [2.45, 2.75) is 52.7 Å². The molecule has 0 aliphatic carbocycles. The van der Waals surface area contributed by atoms with Crippen LogP contribution in [-0.2, 0) is 4.79 Å². The highest BCUT2D eigenvalue weighted by atomic mass is 16.5. The number of unbranched alkanes of at least 4 members (excludes halogenated alkanes) is 1. The van der Waals surface area contributed by atoms with Crippen LogP contribution in [0.4, 0.5) is 0 Å². The highest BCUT2D eigenvalue weighted by Crippen LogP contribution is 2.25. The van der Waals surface area contributed by atoms with E-state index in [1.165, 1.54) is 0 Å². The number of hydrogen-bond acceptors (Lipinski definition) is 3. The van der Waals surface area contributed by atoms with E-state index in [2.05, 4.69) is 12.2 Å². The van der Waals surface area contributed by atoms with Crippen molar-refractivity contribution in [1.29, 1.82) is 0 Å². The maximum atomic E-state index is 11.9. The third-order valence-corrected chi connectivity index (χ3v) is 3.16. The second kappa shape index (κ2) is 7.90. The highest BCUT2D eigenvalue weighted by molar-refractivity contribution is 5.80. The van der Waals surface area contributed by atoms with E-state index in [9.17, 15) is 4.79 Å². The molecular weight excluding hydrogens is 252 g/mol. The lowest BCUT2D eigenvalue weighted by atomic mass is 10.1. The maximum absolute atomic E-state index is 11.9. The van der Waals surface area contributed by atoms with Gasteiger partial charge in [-0.15, -0.1) is 0 Å². The Morgan fingerprint density at radius 1 is 1.40 bits per heavy atom. The van der Waals surface area contributed by atoms with E-state index in [0.29, 0.717) is 12.3 Å². The van der Waals surface area contributed by atoms with Crippen molar-refractivity contribution in [3.8, 4) is 5.75 Å². The van der Waals surface area contributed by atoms with Gasteiger partial charge in [0.25, 0.3) is 5.91 Å². The molecule has 1 aromatic rings. The van der Waals surface area contributed by atoms with Crippen LogP contribution < -0.4 is 15.8 Å². The molecule has 1 unspecified atom stereocenters. The van der Waals surface area contributed by atoms with Crippen molar-refractivity contribution in [2.75, 3.05) is 6.54 Å². The van der Waals surface area contributed by atoms with Crippen molar-refractivity contribution in [1.82, 2.24) is 5.32 Å². The summed E-state index contributed by atoms with van der Waals surface area (Å²) in [6.45, 7) is 8.46. The predicted molar refractivity (Wildman–Crippen MR) is 81.8 cm³/mol. The molecule has 0 radical (unpaired) electrons. The van der Waals surface area contributed by atoms with Gasteiger partial charge in [0.15, 0.2) is 6.10 Å². The molecule has 0 aromatic heterocycles. The van der Waals surface area contributed by atoms with E-state index in [1.807, 2.05) is 32.0 Å². The van der Waals surface area contributed by atoms with Gasteiger partial charge in [0.1, 0.15) is 5.75 Å². The van der Waals surface area contributed by atoms with Crippen LogP contribution in [0, 0.1) is 6.92 Å². The Morgan fingerprint density at radius 3 is 2.70 bits per heavy atom. The first-order chi connectivity index (χ1) is 9.45. The molecule has 0 fully saturated rings. The molecule has 0 saturated carbocycles. The predicted octanol–water partition coefficient (Wildman–Crippen LogP) is 2.70. The fourth-order valence-electron chi connectivity index (χ4n) is 1.91. The van der Waals surface area contributed by atoms with Crippen LogP contribution in [0.25, 0.3) is 0 Å². The Labute approximate surface area is 121 Å². The molecular formula is C16H26N2O2. The number of benzene rings is 1. The lowest BCUT2D eigenvalue weighted by Crippen LogP contribution is -2.37. The van der Waals surface area contributed by atoms with Crippen LogP contribution in [0.1, 0.15) is 50.8 Å². The Kier molecular flexibility index (Phi) is 6.52. The van der Waals surface area contributed by atoms with Gasteiger partial charge in [-0.25, -0.2) is 0 Å². The van der Waals surface area contributed by atoms with Gasteiger partial charge in [-0.05, 0) is 33.3 Å². The molecule has 0 spiro atoms. The smallest absolute Gasteiger partial charge is 0.260 e. The quantitative estimate of drug-likeness (QED) is 0.754. The summed E-state index contributed by atoms with van der Waals surface area (Å²) in [6.07, 6.45) is 1.52. The first-order valence-electron chi connectivity index (χ1n) is 7.26. The Morgan fingerprint density at radius 2 is 2.10 bits per heavy atom. The minimum atomic E-state index is -0.521. The topological polar surface area (TPSA) is 64.3 Å². The van der Waals surface area contributed by atoms with Crippen LogP contribution >= 0.6 is 0 Å². The molecule has 3 N–H and O–H groups in total. The summed E-state index contributed by atoms with van der Waals surface area (Å²) < 4.78 is 5.76. The van der Waals surface area contributed by atoms with E-state index in [4.69, 9.17) is 10.5 Å². The van der Waals surface area contributed by atoms with Crippen molar-refractivity contribution in [3.05, 3.63) is 29.3 Å². The first kappa shape index (κ1) is 16.5. The molecule has 4 nitrogen and oxygen atoms in total. The Balaban J connectivity index is 2.70. The molecule has 2 atom stereocenters. The highest BCUT2D eigenvalue weighted by Gasteiger charge is 2.17. The summed E-state index contributed by atoms with van der Waals surface area (Å²) in [5.74, 6) is 0.596. The number of rotatable bonds is 7. The number of nitrogens with one attached hydrogen (secondary N) is 1. The summed E-state index contributed by atoms with van der Waals surface area (Å²) in [5, 5.41) is 2.87. The van der Waals surface area contributed by atoms with Crippen LogP contribution in [0.15, 0.2) is 18.2 Å². The van der Waals surface area contributed by atoms with Crippen LogP contribution in [0.5, 0.6) is 5.75 Å². The van der Waals surface area contributed by atoms with E-state index >= 15 is 0 Å². The standard InChI is InChI=1S/C16H26N2O2/c1-5-6-9-18-16(19)13(4)20-15-8-7-11(2)10-14(15)12(3)17/h7-8,10,12-13H,5-6,9,17H2,1-4H3,(H,18,19)/t12-,13?/m0/s1. The monoisotopic (exact) mass is 278 g/mol. The zero-order valence-electron chi connectivity index (χ0n) is 12.9. The summed E-state index contributed by atoms with van der Waals surface area (Å²) in [6, 6.07) is 5.72. The third-order valence-electron chi connectivity index (χ3n) is 3.16. The number of ether oxygens (including phenoxy) is 1. The first-order valence-corrected chi connectivity index (χ1v) is 7.26. The average molecular weight is 278 g/mol.